The highest BCUT2D eigenvalue weighted by atomic mass is 19.1. The molecule has 0 aliphatic carbocycles. The lowest BCUT2D eigenvalue weighted by molar-refractivity contribution is -0.143. The van der Waals surface area contributed by atoms with Crippen molar-refractivity contribution in [2.75, 3.05) is 20.2 Å². The summed E-state index contributed by atoms with van der Waals surface area (Å²) in [4.78, 5) is 13.8. The van der Waals surface area contributed by atoms with Crippen molar-refractivity contribution >= 4 is 5.97 Å². The summed E-state index contributed by atoms with van der Waals surface area (Å²) in [7, 11) is 1.37. The molecular weight excluding hydrogens is 297 g/mol. The van der Waals surface area contributed by atoms with Crippen molar-refractivity contribution < 1.29 is 19.0 Å². The molecule has 1 atom stereocenters. The molecule has 0 spiro atoms. The number of hydrogen-bond donors (Lipinski definition) is 1. The van der Waals surface area contributed by atoms with Crippen molar-refractivity contribution in [3.8, 4) is 5.75 Å². The van der Waals surface area contributed by atoms with Crippen LogP contribution in [0.3, 0.4) is 0 Å². The zero-order valence-electron chi connectivity index (χ0n) is 14.7. The van der Waals surface area contributed by atoms with E-state index in [-0.39, 0.29) is 11.7 Å². The number of aliphatic carboxylic acids is 1. The van der Waals surface area contributed by atoms with E-state index >= 15 is 0 Å². The number of methoxy groups -OCH3 is 1. The highest BCUT2D eigenvalue weighted by Crippen LogP contribution is 2.35. The Morgan fingerprint density at radius 3 is 2.22 bits per heavy atom. The van der Waals surface area contributed by atoms with Gasteiger partial charge in [-0.3, -0.25) is 9.69 Å². The molecule has 0 fully saturated rings. The lowest BCUT2D eigenvalue weighted by Crippen LogP contribution is -2.35. The first kappa shape index (κ1) is 19.4. The van der Waals surface area contributed by atoms with Crippen LogP contribution >= 0.6 is 0 Å². The van der Waals surface area contributed by atoms with Crippen LogP contribution in [-0.4, -0.2) is 36.2 Å². The van der Waals surface area contributed by atoms with Gasteiger partial charge in [0.2, 0.25) is 0 Å². The van der Waals surface area contributed by atoms with Crippen molar-refractivity contribution in [1.82, 2.24) is 4.90 Å². The van der Waals surface area contributed by atoms with Crippen molar-refractivity contribution in [2.24, 2.45) is 0 Å². The van der Waals surface area contributed by atoms with Crippen molar-refractivity contribution in [2.45, 2.75) is 52.5 Å². The first-order valence-corrected chi connectivity index (χ1v) is 8.21. The van der Waals surface area contributed by atoms with Gasteiger partial charge in [-0.2, -0.15) is 0 Å². The molecule has 0 aromatic heterocycles. The molecule has 1 aromatic rings. The Morgan fingerprint density at radius 2 is 1.83 bits per heavy atom. The zero-order valence-corrected chi connectivity index (χ0v) is 14.7. The molecule has 130 valence electrons. The van der Waals surface area contributed by atoms with Crippen LogP contribution in [0.4, 0.5) is 4.39 Å². The fourth-order valence-corrected chi connectivity index (χ4v) is 2.82. The Labute approximate surface area is 138 Å². The van der Waals surface area contributed by atoms with Crippen LogP contribution in [0, 0.1) is 5.82 Å². The molecule has 0 bridgehead atoms. The molecule has 1 N–H and O–H groups in total. The highest BCUT2D eigenvalue weighted by molar-refractivity contribution is 5.77. The monoisotopic (exact) mass is 325 g/mol. The Bertz CT molecular complexity index is 525. The van der Waals surface area contributed by atoms with Gasteiger partial charge in [-0.25, -0.2) is 4.39 Å². The van der Waals surface area contributed by atoms with E-state index in [0.29, 0.717) is 18.7 Å². The fourth-order valence-electron chi connectivity index (χ4n) is 2.82. The number of carboxylic acids is 1. The SMILES string of the molecule is CCCN(CCC)C(C(=O)O)c1cc(C(C)C)cc(F)c1OC. The maximum Gasteiger partial charge on any atom is 0.325 e. The second kappa shape index (κ2) is 8.87. The third-order valence-electron chi connectivity index (χ3n) is 3.88. The molecule has 0 heterocycles. The molecule has 0 saturated heterocycles. The van der Waals surface area contributed by atoms with Gasteiger partial charge in [-0.1, -0.05) is 27.7 Å². The molecule has 5 heteroatoms. The van der Waals surface area contributed by atoms with Gasteiger partial charge < -0.3 is 9.84 Å². The van der Waals surface area contributed by atoms with E-state index in [9.17, 15) is 14.3 Å². The average Bonchev–Trinajstić information content (AvgIpc) is 2.47. The Kier molecular flexibility index (Phi) is 7.49. The van der Waals surface area contributed by atoms with Crippen LogP contribution in [-0.2, 0) is 4.79 Å². The summed E-state index contributed by atoms with van der Waals surface area (Å²) in [5.74, 6) is -1.35. The van der Waals surface area contributed by atoms with Gasteiger partial charge >= 0.3 is 5.97 Å². The number of carboxylic acid groups (broad SMARTS) is 1. The minimum atomic E-state index is -0.981. The molecule has 0 saturated carbocycles. The van der Waals surface area contributed by atoms with Crippen molar-refractivity contribution in [1.29, 1.82) is 0 Å². The van der Waals surface area contributed by atoms with Crippen LogP contribution in [0.5, 0.6) is 5.75 Å². The van der Waals surface area contributed by atoms with E-state index in [1.807, 2.05) is 32.6 Å². The molecule has 4 nitrogen and oxygen atoms in total. The maximum atomic E-state index is 14.4. The fraction of sp³-hybridized carbons (Fsp3) is 0.611. The first-order valence-electron chi connectivity index (χ1n) is 8.21. The van der Waals surface area contributed by atoms with Gasteiger partial charge in [0.05, 0.1) is 7.11 Å². The second-order valence-corrected chi connectivity index (χ2v) is 6.06. The summed E-state index contributed by atoms with van der Waals surface area (Å²) in [5, 5.41) is 9.77. The summed E-state index contributed by atoms with van der Waals surface area (Å²) < 4.78 is 19.6. The van der Waals surface area contributed by atoms with Crippen molar-refractivity contribution in [3.05, 3.63) is 29.1 Å². The summed E-state index contributed by atoms with van der Waals surface area (Å²) in [6.07, 6.45) is 1.66. The lowest BCUT2D eigenvalue weighted by atomic mass is 9.95. The smallest absolute Gasteiger partial charge is 0.325 e. The minimum Gasteiger partial charge on any atom is -0.493 e. The van der Waals surface area contributed by atoms with Gasteiger partial charge in [0.15, 0.2) is 11.6 Å². The number of benzene rings is 1. The third-order valence-corrected chi connectivity index (χ3v) is 3.88. The number of carbonyl (C=O) groups is 1. The summed E-state index contributed by atoms with van der Waals surface area (Å²) in [6.45, 7) is 9.20. The molecule has 0 aliphatic heterocycles. The van der Waals surface area contributed by atoms with E-state index in [0.717, 1.165) is 18.4 Å². The normalized spacial score (nSPS) is 12.7. The van der Waals surface area contributed by atoms with Gasteiger partial charge in [-0.15, -0.1) is 0 Å². The van der Waals surface area contributed by atoms with Crippen LogP contribution < -0.4 is 4.74 Å². The van der Waals surface area contributed by atoms with Crippen LogP contribution in [0.15, 0.2) is 12.1 Å². The Hall–Kier alpha value is -1.62. The second-order valence-electron chi connectivity index (χ2n) is 6.06. The van der Waals surface area contributed by atoms with Crippen molar-refractivity contribution in [3.63, 3.8) is 0 Å². The predicted octanol–water partition coefficient (Wildman–Crippen LogP) is 4.21. The topological polar surface area (TPSA) is 49.8 Å². The minimum absolute atomic E-state index is 0.0269. The predicted molar refractivity (Wildman–Crippen MR) is 89.6 cm³/mol. The first-order chi connectivity index (χ1) is 10.9. The summed E-state index contributed by atoms with van der Waals surface area (Å²) in [6, 6.07) is 2.29. The van der Waals surface area contributed by atoms with Gasteiger partial charge in [0, 0.05) is 5.56 Å². The highest BCUT2D eigenvalue weighted by Gasteiger charge is 2.31. The molecule has 1 unspecified atom stereocenters. The van der Waals surface area contributed by atoms with Crippen LogP contribution in [0.1, 0.15) is 63.6 Å². The largest absolute Gasteiger partial charge is 0.493 e. The molecule has 0 aliphatic rings. The summed E-state index contributed by atoms with van der Waals surface area (Å²) in [5.41, 5.74) is 1.17. The van der Waals surface area contributed by atoms with Crippen LogP contribution in [0.2, 0.25) is 0 Å². The molecule has 23 heavy (non-hydrogen) atoms. The number of ether oxygens (including phenoxy) is 1. The number of hydrogen-bond acceptors (Lipinski definition) is 3. The Balaban J connectivity index is 3.47. The third kappa shape index (κ3) is 4.67. The zero-order chi connectivity index (χ0) is 17.6. The van der Waals surface area contributed by atoms with Crippen LogP contribution in [0.25, 0.3) is 0 Å². The lowest BCUT2D eigenvalue weighted by Gasteiger charge is -2.30. The van der Waals surface area contributed by atoms with Gasteiger partial charge in [0.1, 0.15) is 6.04 Å². The molecule has 1 aromatic carbocycles. The molecule has 0 amide bonds. The van der Waals surface area contributed by atoms with E-state index in [1.54, 1.807) is 6.07 Å². The molecule has 0 radical (unpaired) electrons. The average molecular weight is 325 g/mol. The molecular formula is C18H28FNO3. The number of nitrogens with zero attached hydrogens (tertiary/aromatic N) is 1. The molecule has 1 rings (SSSR count). The van der Waals surface area contributed by atoms with Gasteiger partial charge in [-0.05, 0) is 49.5 Å². The van der Waals surface area contributed by atoms with E-state index < -0.39 is 17.8 Å². The maximum absolute atomic E-state index is 14.4. The van der Waals surface area contributed by atoms with E-state index in [2.05, 4.69) is 0 Å². The Morgan fingerprint density at radius 1 is 1.26 bits per heavy atom. The van der Waals surface area contributed by atoms with Gasteiger partial charge in [0.25, 0.3) is 0 Å². The quantitative estimate of drug-likeness (QED) is 0.739. The van der Waals surface area contributed by atoms with E-state index in [4.69, 9.17) is 4.74 Å². The van der Waals surface area contributed by atoms with E-state index in [1.165, 1.54) is 13.2 Å². The summed E-state index contributed by atoms with van der Waals surface area (Å²) >= 11 is 0. The number of rotatable bonds is 9. The standard InChI is InChI=1S/C18H28FNO3/c1-6-8-20(9-7-2)16(18(21)22)14-10-13(12(3)4)11-15(19)17(14)23-5/h10-12,16H,6-9H2,1-5H3,(H,21,22). The number of halogens is 1.